The lowest BCUT2D eigenvalue weighted by molar-refractivity contribution is -0.385. The Balaban J connectivity index is 2.22. The average molecular weight is 297 g/mol. The molecule has 1 fully saturated rings. The third kappa shape index (κ3) is 2.93. The zero-order valence-electron chi connectivity index (χ0n) is 11.3. The molecule has 20 heavy (non-hydrogen) atoms. The minimum Gasteiger partial charge on any atom is -0.334 e. The van der Waals surface area contributed by atoms with E-state index in [0.717, 1.165) is 19.3 Å². The summed E-state index contributed by atoms with van der Waals surface area (Å²) in [5.74, 6) is 0.308. The van der Waals surface area contributed by atoms with Gasteiger partial charge < -0.3 is 4.90 Å². The predicted molar refractivity (Wildman–Crippen MR) is 77.2 cm³/mol. The third-order valence-corrected chi connectivity index (χ3v) is 3.91. The molecule has 0 radical (unpaired) electrons. The number of nitro groups is 1. The molecule has 108 valence electrons. The normalized spacial score (nSPS) is 14.7. The van der Waals surface area contributed by atoms with Gasteiger partial charge >= 0.3 is 0 Å². The predicted octanol–water partition coefficient (Wildman–Crippen LogP) is 3.14. The number of alkyl halides is 1. The summed E-state index contributed by atoms with van der Waals surface area (Å²) in [7, 11) is 0. The monoisotopic (exact) mass is 296 g/mol. The summed E-state index contributed by atoms with van der Waals surface area (Å²) in [5.41, 5.74) is 1.03. The summed E-state index contributed by atoms with van der Waals surface area (Å²) >= 11 is 5.77. The fraction of sp³-hybridized carbons (Fsp3) is 0.500. The van der Waals surface area contributed by atoms with E-state index in [9.17, 15) is 14.9 Å². The maximum absolute atomic E-state index is 12.5. The van der Waals surface area contributed by atoms with E-state index in [0.29, 0.717) is 23.6 Å². The topological polar surface area (TPSA) is 63.5 Å². The van der Waals surface area contributed by atoms with Crippen LogP contribution >= 0.6 is 11.6 Å². The van der Waals surface area contributed by atoms with Gasteiger partial charge in [0.1, 0.15) is 0 Å². The Morgan fingerprint density at radius 2 is 2.20 bits per heavy atom. The van der Waals surface area contributed by atoms with E-state index in [1.807, 2.05) is 0 Å². The van der Waals surface area contributed by atoms with Crippen LogP contribution in [0.4, 0.5) is 5.69 Å². The smallest absolute Gasteiger partial charge is 0.272 e. The molecule has 0 unspecified atom stereocenters. The lowest BCUT2D eigenvalue weighted by atomic mass is 9.91. The van der Waals surface area contributed by atoms with Gasteiger partial charge in [-0.25, -0.2) is 0 Å². The van der Waals surface area contributed by atoms with Crippen molar-refractivity contribution in [3.05, 3.63) is 39.4 Å². The van der Waals surface area contributed by atoms with Crippen molar-refractivity contribution >= 4 is 23.2 Å². The highest BCUT2D eigenvalue weighted by Gasteiger charge is 2.29. The van der Waals surface area contributed by atoms with Gasteiger partial charge in [0.05, 0.1) is 4.92 Å². The van der Waals surface area contributed by atoms with Crippen LogP contribution < -0.4 is 0 Å². The first-order valence-electron chi connectivity index (χ1n) is 6.66. The van der Waals surface area contributed by atoms with Crippen LogP contribution in [0.2, 0.25) is 0 Å². The van der Waals surface area contributed by atoms with Crippen molar-refractivity contribution in [1.82, 2.24) is 4.90 Å². The highest BCUT2D eigenvalue weighted by Crippen LogP contribution is 2.27. The molecule has 1 aliphatic rings. The molecule has 5 nitrogen and oxygen atoms in total. The van der Waals surface area contributed by atoms with Gasteiger partial charge in [0.2, 0.25) is 0 Å². The van der Waals surface area contributed by atoms with Gasteiger partial charge in [0.15, 0.2) is 0 Å². The molecule has 6 heteroatoms. The zero-order chi connectivity index (χ0) is 14.7. The second-order valence-corrected chi connectivity index (χ2v) is 5.41. The molecule has 0 atom stereocenters. The van der Waals surface area contributed by atoms with Crippen LogP contribution in [0.1, 0.15) is 35.2 Å². The van der Waals surface area contributed by atoms with E-state index in [-0.39, 0.29) is 17.6 Å². The van der Waals surface area contributed by atoms with Gasteiger partial charge in [-0.15, -0.1) is 11.6 Å². The molecular formula is C14H17ClN2O3. The molecule has 1 aromatic carbocycles. The van der Waals surface area contributed by atoms with Gasteiger partial charge in [-0.3, -0.25) is 14.9 Å². The first-order chi connectivity index (χ1) is 9.54. The highest BCUT2D eigenvalue weighted by molar-refractivity contribution is 6.18. The fourth-order valence-corrected chi connectivity index (χ4v) is 2.58. The van der Waals surface area contributed by atoms with Gasteiger partial charge in [0, 0.05) is 35.7 Å². The molecule has 0 saturated heterocycles. The number of amides is 1. The molecule has 1 aliphatic carbocycles. The second kappa shape index (κ2) is 6.22. The molecule has 1 saturated carbocycles. The number of aryl methyl sites for hydroxylation is 1. The molecular weight excluding hydrogens is 280 g/mol. The maximum Gasteiger partial charge on any atom is 0.272 e. The van der Waals surface area contributed by atoms with E-state index in [2.05, 4.69) is 0 Å². The van der Waals surface area contributed by atoms with Crippen LogP contribution in [0, 0.1) is 17.0 Å². The average Bonchev–Trinajstić information content (AvgIpc) is 2.34. The molecule has 0 aliphatic heterocycles. The number of nitro benzene ring substituents is 1. The number of carbonyl (C=O) groups excluding carboxylic acids is 1. The van der Waals surface area contributed by atoms with Crippen molar-refractivity contribution in [2.24, 2.45) is 0 Å². The Kier molecular flexibility index (Phi) is 4.60. The summed E-state index contributed by atoms with van der Waals surface area (Å²) in [6, 6.07) is 4.76. The van der Waals surface area contributed by atoms with Crippen molar-refractivity contribution in [2.45, 2.75) is 32.2 Å². The van der Waals surface area contributed by atoms with Crippen molar-refractivity contribution in [3.63, 3.8) is 0 Å². The van der Waals surface area contributed by atoms with E-state index >= 15 is 0 Å². The molecule has 0 aromatic heterocycles. The van der Waals surface area contributed by atoms with Gasteiger partial charge in [0.25, 0.3) is 11.6 Å². The number of hydrogen-bond donors (Lipinski definition) is 0. The van der Waals surface area contributed by atoms with E-state index < -0.39 is 4.92 Å². The molecule has 0 spiro atoms. The second-order valence-electron chi connectivity index (χ2n) is 5.03. The Hall–Kier alpha value is -1.62. The summed E-state index contributed by atoms with van der Waals surface area (Å²) in [6.07, 6.45) is 3.15. The molecule has 2 rings (SSSR count). The van der Waals surface area contributed by atoms with Crippen molar-refractivity contribution in [3.8, 4) is 0 Å². The Morgan fingerprint density at radius 3 is 2.65 bits per heavy atom. The van der Waals surface area contributed by atoms with Gasteiger partial charge in [-0.05, 0) is 38.3 Å². The van der Waals surface area contributed by atoms with Crippen LogP contribution in [0.15, 0.2) is 18.2 Å². The summed E-state index contributed by atoms with van der Waals surface area (Å²) < 4.78 is 0. The highest BCUT2D eigenvalue weighted by atomic mass is 35.5. The number of rotatable bonds is 5. The third-order valence-electron chi connectivity index (χ3n) is 3.74. The van der Waals surface area contributed by atoms with E-state index in [4.69, 9.17) is 11.6 Å². The molecule has 0 N–H and O–H groups in total. The summed E-state index contributed by atoms with van der Waals surface area (Å²) in [4.78, 5) is 24.6. The number of carbonyl (C=O) groups is 1. The van der Waals surface area contributed by atoms with Crippen molar-refractivity contribution in [1.29, 1.82) is 0 Å². The van der Waals surface area contributed by atoms with Crippen LogP contribution in [0.3, 0.4) is 0 Å². The summed E-state index contributed by atoms with van der Waals surface area (Å²) in [5, 5.41) is 10.8. The SMILES string of the molecule is Cc1cc(C(=O)N(CCCl)C2CCC2)ccc1[N+](=O)[O-]. The molecule has 0 heterocycles. The number of nitrogens with zero attached hydrogens (tertiary/aromatic N) is 2. The Bertz CT molecular complexity index is 529. The first kappa shape index (κ1) is 14.8. The Morgan fingerprint density at radius 1 is 1.50 bits per heavy atom. The molecule has 0 bridgehead atoms. The minimum absolute atomic E-state index is 0.0362. The lowest BCUT2D eigenvalue weighted by Crippen LogP contribution is -2.45. The van der Waals surface area contributed by atoms with E-state index in [1.165, 1.54) is 12.1 Å². The summed E-state index contributed by atoms with van der Waals surface area (Å²) in [6.45, 7) is 2.16. The van der Waals surface area contributed by atoms with E-state index in [1.54, 1.807) is 17.9 Å². The largest absolute Gasteiger partial charge is 0.334 e. The quantitative estimate of drug-likeness (QED) is 0.476. The lowest BCUT2D eigenvalue weighted by Gasteiger charge is -2.37. The maximum atomic E-state index is 12.5. The molecule has 1 amide bonds. The van der Waals surface area contributed by atoms with Crippen molar-refractivity contribution in [2.75, 3.05) is 12.4 Å². The van der Waals surface area contributed by atoms with Gasteiger partial charge in [-0.1, -0.05) is 0 Å². The van der Waals surface area contributed by atoms with Crippen molar-refractivity contribution < 1.29 is 9.72 Å². The van der Waals surface area contributed by atoms with Crippen LogP contribution in [-0.4, -0.2) is 34.2 Å². The number of benzene rings is 1. The Labute approximate surface area is 122 Å². The van der Waals surface area contributed by atoms with Gasteiger partial charge in [-0.2, -0.15) is 0 Å². The number of halogens is 1. The zero-order valence-corrected chi connectivity index (χ0v) is 12.1. The van der Waals surface area contributed by atoms with Crippen LogP contribution in [0.25, 0.3) is 0 Å². The fourth-order valence-electron chi connectivity index (χ4n) is 2.40. The number of hydrogen-bond acceptors (Lipinski definition) is 3. The molecule has 1 aromatic rings. The standard InChI is InChI=1S/C14H17ClN2O3/c1-10-9-11(5-6-13(10)17(19)20)14(18)16(8-7-15)12-3-2-4-12/h5-6,9,12H,2-4,7-8H2,1H3. The first-order valence-corrected chi connectivity index (χ1v) is 7.20. The van der Waals surface area contributed by atoms with Crippen LogP contribution in [0.5, 0.6) is 0 Å². The van der Waals surface area contributed by atoms with Crippen LogP contribution in [-0.2, 0) is 0 Å². The minimum atomic E-state index is -0.438.